The molecule has 1 aromatic carbocycles. The Labute approximate surface area is 80.0 Å². The highest BCUT2D eigenvalue weighted by molar-refractivity contribution is 6.23. The monoisotopic (exact) mass is 185 g/mol. The maximum Gasteiger partial charge on any atom is 0.258 e. The van der Waals surface area contributed by atoms with E-state index in [1.165, 1.54) is 6.20 Å². The van der Waals surface area contributed by atoms with Gasteiger partial charge in [0.05, 0.1) is 23.0 Å². The lowest BCUT2D eigenvalue weighted by molar-refractivity contribution is 0.103. The van der Waals surface area contributed by atoms with E-state index in [1.807, 2.05) is 19.1 Å². The Balaban J connectivity index is 2.58. The van der Waals surface area contributed by atoms with Crippen molar-refractivity contribution in [2.24, 2.45) is 0 Å². The van der Waals surface area contributed by atoms with Crippen LogP contribution >= 0.6 is 0 Å². The average Bonchev–Trinajstić information content (AvgIpc) is 2.52. The number of hydrogen-bond donors (Lipinski definition) is 1. The van der Waals surface area contributed by atoms with E-state index in [4.69, 9.17) is 0 Å². The van der Waals surface area contributed by atoms with Crippen molar-refractivity contribution in [3.8, 4) is 0 Å². The molecule has 0 radical (unpaired) electrons. The molecule has 1 aliphatic heterocycles. The van der Waals surface area contributed by atoms with Crippen LogP contribution in [-0.4, -0.2) is 16.1 Å². The van der Waals surface area contributed by atoms with Gasteiger partial charge >= 0.3 is 0 Å². The summed E-state index contributed by atoms with van der Waals surface area (Å²) in [5, 5.41) is 11.5. The van der Waals surface area contributed by atoms with Gasteiger partial charge in [0.1, 0.15) is 0 Å². The third-order valence-electron chi connectivity index (χ3n) is 2.49. The quantitative estimate of drug-likeness (QED) is 0.676. The highest BCUT2D eigenvalue weighted by Gasteiger charge is 2.22. The second-order valence-corrected chi connectivity index (χ2v) is 3.37. The van der Waals surface area contributed by atoms with E-state index >= 15 is 0 Å². The predicted molar refractivity (Wildman–Crippen MR) is 52.2 cm³/mol. The molecule has 1 aromatic heterocycles. The van der Waals surface area contributed by atoms with Crippen LogP contribution in [0.25, 0.3) is 10.9 Å². The van der Waals surface area contributed by atoms with Gasteiger partial charge in [0.15, 0.2) is 0 Å². The summed E-state index contributed by atoms with van der Waals surface area (Å²) in [5.74, 6) is -0.0921. The van der Waals surface area contributed by atoms with Gasteiger partial charge in [-0.05, 0) is 18.6 Å². The van der Waals surface area contributed by atoms with Crippen LogP contribution < -0.4 is 5.32 Å². The molecule has 68 valence electrons. The molecule has 0 bridgehead atoms. The second-order valence-electron chi connectivity index (χ2n) is 3.37. The summed E-state index contributed by atoms with van der Waals surface area (Å²) in [6.45, 7) is 1.96. The molecule has 0 fully saturated rings. The van der Waals surface area contributed by atoms with Gasteiger partial charge in [0, 0.05) is 5.39 Å². The van der Waals surface area contributed by atoms with E-state index < -0.39 is 0 Å². The van der Waals surface area contributed by atoms with E-state index in [0.717, 1.165) is 22.2 Å². The first-order chi connectivity index (χ1) is 6.77. The third kappa shape index (κ3) is 0.750. The number of aromatic nitrogens is 2. The number of benzene rings is 1. The Morgan fingerprint density at radius 3 is 3.07 bits per heavy atom. The summed E-state index contributed by atoms with van der Waals surface area (Å²) in [4.78, 5) is 11.5. The van der Waals surface area contributed by atoms with Gasteiger partial charge in [-0.15, -0.1) is 0 Å². The van der Waals surface area contributed by atoms with Crippen LogP contribution in [-0.2, 0) is 0 Å². The molecular weight excluding hydrogens is 178 g/mol. The summed E-state index contributed by atoms with van der Waals surface area (Å²) >= 11 is 0. The minimum absolute atomic E-state index is 0.0921. The zero-order valence-electron chi connectivity index (χ0n) is 7.53. The molecule has 4 nitrogen and oxygen atoms in total. The molecule has 0 saturated heterocycles. The highest BCUT2D eigenvalue weighted by Crippen LogP contribution is 2.32. The van der Waals surface area contributed by atoms with Crippen molar-refractivity contribution < 1.29 is 4.79 Å². The van der Waals surface area contributed by atoms with E-state index in [0.29, 0.717) is 5.56 Å². The molecule has 2 heterocycles. The standard InChI is InChI=1S/C10H7N3O/c1-5-2-3-7-8-6(10(14)12-7)4-11-13-9(5)8/h2-4H,1H3,(H,12,14). The zero-order chi connectivity index (χ0) is 9.71. The smallest absolute Gasteiger partial charge is 0.258 e. The first-order valence-electron chi connectivity index (χ1n) is 4.34. The molecule has 0 aliphatic carbocycles. The van der Waals surface area contributed by atoms with Crippen LogP contribution in [0, 0.1) is 6.92 Å². The summed E-state index contributed by atoms with van der Waals surface area (Å²) < 4.78 is 0. The first kappa shape index (κ1) is 7.44. The maximum atomic E-state index is 11.5. The van der Waals surface area contributed by atoms with Crippen molar-refractivity contribution in [2.45, 2.75) is 6.92 Å². The minimum Gasteiger partial charge on any atom is -0.321 e. The van der Waals surface area contributed by atoms with Gasteiger partial charge in [-0.2, -0.15) is 10.2 Å². The van der Waals surface area contributed by atoms with Gasteiger partial charge in [-0.3, -0.25) is 4.79 Å². The van der Waals surface area contributed by atoms with Crippen LogP contribution in [0.5, 0.6) is 0 Å². The lowest BCUT2D eigenvalue weighted by atomic mass is 10.1. The summed E-state index contributed by atoms with van der Waals surface area (Å²) in [5.41, 5.74) is 3.29. The van der Waals surface area contributed by atoms with E-state index in [-0.39, 0.29) is 5.91 Å². The predicted octanol–water partition coefficient (Wildman–Crippen LogP) is 1.50. The Kier molecular flexibility index (Phi) is 1.21. The number of anilines is 1. The fraction of sp³-hybridized carbons (Fsp3) is 0.100. The number of hydrogen-bond acceptors (Lipinski definition) is 3. The van der Waals surface area contributed by atoms with Crippen LogP contribution in [0.2, 0.25) is 0 Å². The SMILES string of the molecule is Cc1ccc2c3c(cnnc13)C(=O)N2. The summed E-state index contributed by atoms with van der Waals surface area (Å²) in [6.07, 6.45) is 1.51. The third-order valence-corrected chi connectivity index (χ3v) is 2.49. The molecule has 1 amide bonds. The lowest BCUT2D eigenvalue weighted by Gasteiger charge is -2.00. The molecule has 14 heavy (non-hydrogen) atoms. The Morgan fingerprint density at radius 2 is 2.21 bits per heavy atom. The zero-order valence-corrected chi connectivity index (χ0v) is 7.53. The molecule has 0 unspecified atom stereocenters. The largest absolute Gasteiger partial charge is 0.321 e. The number of nitrogens with one attached hydrogen (secondary N) is 1. The summed E-state index contributed by atoms with van der Waals surface area (Å²) in [6, 6.07) is 3.83. The van der Waals surface area contributed by atoms with Crippen molar-refractivity contribution in [2.75, 3.05) is 5.32 Å². The number of aryl methyl sites for hydroxylation is 1. The number of nitrogens with zero attached hydrogens (tertiary/aromatic N) is 2. The van der Waals surface area contributed by atoms with Gasteiger partial charge in [-0.1, -0.05) is 6.07 Å². The van der Waals surface area contributed by atoms with Crippen molar-refractivity contribution in [1.29, 1.82) is 0 Å². The topological polar surface area (TPSA) is 54.9 Å². The summed E-state index contributed by atoms with van der Waals surface area (Å²) in [7, 11) is 0. The van der Waals surface area contributed by atoms with E-state index in [9.17, 15) is 4.79 Å². The Morgan fingerprint density at radius 1 is 1.36 bits per heavy atom. The minimum atomic E-state index is -0.0921. The number of rotatable bonds is 0. The van der Waals surface area contributed by atoms with Crippen LogP contribution in [0.4, 0.5) is 5.69 Å². The van der Waals surface area contributed by atoms with Crippen molar-refractivity contribution in [3.05, 3.63) is 29.5 Å². The molecular formula is C10H7N3O. The second kappa shape index (κ2) is 2.29. The van der Waals surface area contributed by atoms with Crippen molar-refractivity contribution in [3.63, 3.8) is 0 Å². The highest BCUT2D eigenvalue weighted by atomic mass is 16.1. The fourth-order valence-corrected chi connectivity index (χ4v) is 1.77. The van der Waals surface area contributed by atoms with Gasteiger partial charge in [0.25, 0.3) is 5.91 Å². The van der Waals surface area contributed by atoms with Crippen LogP contribution in [0.1, 0.15) is 15.9 Å². The van der Waals surface area contributed by atoms with Gasteiger partial charge in [0.2, 0.25) is 0 Å². The van der Waals surface area contributed by atoms with Gasteiger partial charge < -0.3 is 5.32 Å². The molecule has 0 atom stereocenters. The van der Waals surface area contributed by atoms with Crippen molar-refractivity contribution in [1.82, 2.24) is 10.2 Å². The van der Waals surface area contributed by atoms with Crippen LogP contribution in [0.3, 0.4) is 0 Å². The maximum absolute atomic E-state index is 11.5. The number of amides is 1. The molecule has 2 aromatic rings. The van der Waals surface area contributed by atoms with Gasteiger partial charge in [-0.25, -0.2) is 0 Å². The normalized spacial score (nSPS) is 13.4. The number of carbonyl (C=O) groups excluding carboxylic acids is 1. The van der Waals surface area contributed by atoms with Crippen molar-refractivity contribution >= 4 is 22.5 Å². The molecule has 4 heteroatoms. The number of carbonyl (C=O) groups is 1. The fourth-order valence-electron chi connectivity index (χ4n) is 1.77. The molecule has 0 saturated carbocycles. The molecule has 0 spiro atoms. The molecule has 1 N–H and O–H groups in total. The first-order valence-corrected chi connectivity index (χ1v) is 4.34. The Hall–Kier alpha value is -1.97. The average molecular weight is 185 g/mol. The molecule has 3 rings (SSSR count). The van der Waals surface area contributed by atoms with E-state index in [1.54, 1.807) is 0 Å². The Bertz CT molecular complexity index is 563. The lowest BCUT2D eigenvalue weighted by Crippen LogP contribution is -2.04. The van der Waals surface area contributed by atoms with Crippen LogP contribution in [0.15, 0.2) is 18.3 Å². The van der Waals surface area contributed by atoms with E-state index in [2.05, 4.69) is 15.5 Å². The molecule has 1 aliphatic rings.